The zero-order valence-electron chi connectivity index (χ0n) is 17.8. The van der Waals surface area contributed by atoms with E-state index in [-0.39, 0.29) is 0 Å². The third-order valence-electron chi connectivity index (χ3n) is 4.81. The van der Waals surface area contributed by atoms with Gasteiger partial charge in [0.05, 0.1) is 33.5 Å². The molecule has 1 aromatic carbocycles. The summed E-state index contributed by atoms with van der Waals surface area (Å²) >= 11 is 0. The van der Waals surface area contributed by atoms with Crippen LogP contribution in [0.1, 0.15) is 35.8 Å². The number of rotatable bonds is 13. The summed E-state index contributed by atoms with van der Waals surface area (Å²) in [6.45, 7) is 5.55. The number of ether oxygens (including phenoxy) is 4. The number of likely N-dealkylation sites (N-methyl/N-ethyl adjacent to an activating group) is 1. The highest BCUT2D eigenvalue weighted by molar-refractivity contribution is 5.91. The molecule has 0 radical (unpaired) electrons. The fraction of sp³-hybridized carbons (Fsp3) is 0.500. The SMILES string of the molecule is CCN(CCCCOC(=O)c1cc(OC)c(OC)c(OC)c1)CCc1ccc[nH]1. The van der Waals surface area contributed by atoms with E-state index in [1.807, 2.05) is 12.3 Å². The molecule has 1 N–H and O–H groups in total. The number of aromatic nitrogens is 1. The van der Waals surface area contributed by atoms with E-state index in [4.69, 9.17) is 18.9 Å². The summed E-state index contributed by atoms with van der Waals surface area (Å²) in [5, 5.41) is 0. The summed E-state index contributed by atoms with van der Waals surface area (Å²) in [7, 11) is 4.56. The lowest BCUT2D eigenvalue weighted by molar-refractivity contribution is 0.0494. The van der Waals surface area contributed by atoms with E-state index in [1.165, 1.54) is 27.0 Å². The largest absolute Gasteiger partial charge is 0.493 e. The Morgan fingerprint density at radius 2 is 1.76 bits per heavy atom. The Bertz CT molecular complexity index is 721. The molecule has 2 rings (SSSR count). The first-order chi connectivity index (χ1) is 14.1. The summed E-state index contributed by atoms with van der Waals surface area (Å²) in [5.74, 6) is 0.910. The quantitative estimate of drug-likeness (QED) is 0.407. The van der Waals surface area contributed by atoms with Gasteiger partial charge in [-0.15, -0.1) is 0 Å². The lowest BCUT2D eigenvalue weighted by Gasteiger charge is -2.20. The van der Waals surface area contributed by atoms with Crippen molar-refractivity contribution in [2.45, 2.75) is 26.2 Å². The lowest BCUT2D eigenvalue weighted by atomic mass is 10.2. The van der Waals surface area contributed by atoms with Crippen LogP contribution in [0.5, 0.6) is 17.2 Å². The second-order valence-corrected chi connectivity index (χ2v) is 6.64. The number of benzene rings is 1. The van der Waals surface area contributed by atoms with Gasteiger partial charge in [0.1, 0.15) is 0 Å². The monoisotopic (exact) mass is 404 g/mol. The standard InChI is InChI=1S/C22H32N2O5/c1-5-24(13-10-18-9-8-11-23-18)12-6-7-14-29-22(25)17-15-19(26-2)21(28-4)20(16-17)27-3/h8-9,11,15-16,23H,5-7,10,12-14H2,1-4H3. The molecule has 0 bridgehead atoms. The smallest absolute Gasteiger partial charge is 0.338 e. The first-order valence-electron chi connectivity index (χ1n) is 9.94. The Labute approximate surface area is 172 Å². The van der Waals surface area contributed by atoms with Crippen LogP contribution < -0.4 is 14.2 Å². The van der Waals surface area contributed by atoms with Crippen LogP contribution in [0.25, 0.3) is 0 Å². The van der Waals surface area contributed by atoms with Crippen molar-refractivity contribution in [1.29, 1.82) is 0 Å². The summed E-state index contributed by atoms with van der Waals surface area (Å²) in [6.07, 6.45) is 4.75. The molecular formula is C22H32N2O5. The van der Waals surface area contributed by atoms with Gasteiger partial charge < -0.3 is 28.8 Å². The van der Waals surface area contributed by atoms with E-state index in [9.17, 15) is 4.79 Å². The maximum Gasteiger partial charge on any atom is 0.338 e. The van der Waals surface area contributed by atoms with Crippen molar-refractivity contribution in [2.75, 3.05) is 47.6 Å². The van der Waals surface area contributed by atoms with Crippen LogP contribution in [0.3, 0.4) is 0 Å². The van der Waals surface area contributed by atoms with Crippen LogP contribution >= 0.6 is 0 Å². The number of esters is 1. The minimum Gasteiger partial charge on any atom is -0.493 e. The fourth-order valence-corrected chi connectivity index (χ4v) is 3.11. The maximum absolute atomic E-state index is 12.4. The van der Waals surface area contributed by atoms with Crippen molar-refractivity contribution in [3.05, 3.63) is 41.7 Å². The predicted molar refractivity (Wildman–Crippen MR) is 112 cm³/mol. The van der Waals surface area contributed by atoms with Crippen molar-refractivity contribution in [2.24, 2.45) is 0 Å². The normalized spacial score (nSPS) is 10.8. The highest BCUT2D eigenvalue weighted by atomic mass is 16.5. The number of methoxy groups -OCH3 is 3. The summed E-state index contributed by atoms with van der Waals surface area (Å²) in [5.41, 5.74) is 1.63. The average Bonchev–Trinajstić information content (AvgIpc) is 3.27. The van der Waals surface area contributed by atoms with E-state index < -0.39 is 5.97 Å². The van der Waals surface area contributed by atoms with Crippen LogP contribution in [0, 0.1) is 0 Å². The molecule has 0 fully saturated rings. The number of unbranched alkanes of at least 4 members (excludes halogenated alkanes) is 1. The molecule has 1 aromatic heterocycles. The van der Waals surface area contributed by atoms with Crippen LogP contribution in [0.15, 0.2) is 30.5 Å². The number of hydrogen-bond acceptors (Lipinski definition) is 6. The first-order valence-corrected chi connectivity index (χ1v) is 9.94. The molecule has 160 valence electrons. The Balaban J connectivity index is 1.76. The van der Waals surface area contributed by atoms with E-state index in [2.05, 4.69) is 22.9 Å². The van der Waals surface area contributed by atoms with Crippen LogP contribution in [-0.4, -0.2) is 63.4 Å². The molecule has 0 saturated heterocycles. The highest BCUT2D eigenvalue weighted by Gasteiger charge is 2.17. The molecule has 0 unspecified atom stereocenters. The molecular weight excluding hydrogens is 372 g/mol. The summed E-state index contributed by atoms with van der Waals surface area (Å²) in [6, 6.07) is 7.33. The molecule has 7 heteroatoms. The molecule has 2 aromatic rings. The number of H-pyrrole nitrogens is 1. The first kappa shape index (κ1) is 22.6. The van der Waals surface area contributed by atoms with E-state index in [0.717, 1.165) is 38.9 Å². The van der Waals surface area contributed by atoms with Gasteiger partial charge in [-0.2, -0.15) is 0 Å². The van der Waals surface area contributed by atoms with Crippen molar-refractivity contribution >= 4 is 5.97 Å². The van der Waals surface area contributed by atoms with Crippen LogP contribution in [0.2, 0.25) is 0 Å². The Morgan fingerprint density at radius 3 is 2.31 bits per heavy atom. The molecule has 0 amide bonds. The van der Waals surface area contributed by atoms with Crippen molar-refractivity contribution < 1.29 is 23.7 Å². The zero-order chi connectivity index (χ0) is 21.1. The number of hydrogen-bond donors (Lipinski definition) is 1. The van der Waals surface area contributed by atoms with Gasteiger partial charge in [0, 0.05) is 24.9 Å². The molecule has 7 nitrogen and oxygen atoms in total. The second kappa shape index (κ2) is 12.0. The predicted octanol–water partition coefficient (Wildman–Crippen LogP) is 3.54. The van der Waals surface area contributed by atoms with Crippen LogP contribution in [0.4, 0.5) is 0 Å². The summed E-state index contributed by atoms with van der Waals surface area (Å²) < 4.78 is 21.3. The van der Waals surface area contributed by atoms with Gasteiger partial charge in [0.25, 0.3) is 0 Å². The molecule has 0 spiro atoms. The van der Waals surface area contributed by atoms with Crippen molar-refractivity contribution in [3.63, 3.8) is 0 Å². The van der Waals surface area contributed by atoms with Gasteiger partial charge in [0.2, 0.25) is 5.75 Å². The summed E-state index contributed by atoms with van der Waals surface area (Å²) in [4.78, 5) is 18.0. The Hall–Kier alpha value is -2.67. The third kappa shape index (κ3) is 6.71. The van der Waals surface area contributed by atoms with Gasteiger partial charge >= 0.3 is 5.97 Å². The maximum atomic E-state index is 12.4. The van der Waals surface area contributed by atoms with Gasteiger partial charge in [-0.25, -0.2) is 4.79 Å². The molecule has 0 atom stereocenters. The van der Waals surface area contributed by atoms with Gasteiger partial charge in [0.15, 0.2) is 11.5 Å². The third-order valence-corrected chi connectivity index (χ3v) is 4.81. The number of carbonyl (C=O) groups excluding carboxylic acids is 1. The fourth-order valence-electron chi connectivity index (χ4n) is 3.11. The van der Waals surface area contributed by atoms with Crippen molar-refractivity contribution in [1.82, 2.24) is 9.88 Å². The second-order valence-electron chi connectivity index (χ2n) is 6.64. The molecule has 0 aliphatic rings. The lowest BCUT2D eigenvalue weighted by Crippen LogP contribution is -2.27. The Kier molecular flexibility index (Phi) is 9.37. The highest BCUT2D eigenvalue weighted by Crippen LogP contribution is 2.38. The minimum absolute atomic E-state index is 0.376. The van der Waals surface area contributed by atoms with E-state index >= 15 is 0 Å². The number of carbonyl (C=O) groups is 1. The molecule has 0 aliphatic heterocycles. The average molecular weight is 405 g/mol. The molecule has 1 heterocycles. The number of nitrogens with one attached hydrogen (secondary N) is 1. The van der Waals surface area contributed by atoms with E-state index in [0.29, 0.717) is 29.4 Å². The topological polar surface area (TPSA) is 73.0 Å². The van der Waals surface area contributed by atoms with Crippen LogP contribution in [-0.2, 0) is 11.2 Å². The molecule has 0 aliphatic carbocycles. The van der Waals surface area contributed by atoms with Gasteiger partial charge in [-0.1, -0.05) is 6.92 Å². The molecule has 0 saturated carbocycles. The number of aromatic amines is 1. The van der Waals surface area contributed by atoms with E-state index in [1.54, 1.807) is 12.1 Å². The zero-order valence-corrected chi connectivity index (χ0v) is 17.8. The Morgan fingerprint density at radius 1 is 1.03 bits per heavy atom. The van der Waals surface area contributed by atoms with Gasteiger partial charge in [-0.05, 0) is 50.2 Å². The number of nitrogens with zero attached hydrogens (tertiary/aromatic N) is 1. The van der Waals surface area contributed by atoms with Gasteiger partial charge in [-0.3, -0.25) is 0 Å². The molecule has 29 heavy (non-hydrogen) atoms. The van der Waals surface area contributed by atoms with Crippen molar-refractivity contribution in [3.8, 4) is 17.2 Å². The minimum atomic E-state index is -0.400.